The van der Waals surface area contributed by atoms with Crippen LogP contribution in [0.1, 0.15) is 13.8 Å². The van der Waals surface area contributed by atoms with Gasteiger partial charge in [0.2, 0.25) is 6.08 Å². The molecule has 0 amide bonds. The van der Waals surface area contributed by atoms with Crippen molar-refractivity contribution in [1.82, 2.24) is 0 Å². The van der Waals surface area contributed by atoms with Crippen molar-refractivity contribution in [3.8, 4) is 11.5 Å². The highest BCUT2D eigenvalue weighted by atomic mass is 16.5. The van der Waals surface area contributed by atoms with E-state index in [2.05, 4.69) is 4.99 Å². The second-order valence-electron chi connectivity index (χ2n) is 2.70. The molecule has 0 saturated heterocycles. The van der Waals surface area contributed by atoms with Gasteiger partial charge in [-0.15, -0.1) is 0 Å². The van der Waals surface area contributed by atoms with Gasteiger partial charge in [-0.05, 0) is 26.0 Å². The van der Waals surface area contributed by atoms with Gasteiger partial charge >= 0.3 is 0 Å². The lowest BCUT2D eigenvalue weighted by Gasteiger charge is -2.10. The van der Waals surface area contributed by atoms with Gasteiger partial charge in [-0.3, -0.25) is 0 Å². The van der Waals surface area contributed by atoms with Crippen LogP contribution in [0.5, 0.6) is 11.5 Å². The van der Waals surface area contributed by atoms with E-state index >= 15 is 0 Å². The van der Waals surface area contributed by atoms with E-state index in [1.807, 2.05) is 13.8 Å². The van der Waals surface area contributed by atoms with E-state index in [1.54, 1.807) is 18.2 Å². The first-order valence-corrected chi connectivity index (χ1v) is 4.79. The van der Waals surface area contributed by atoms with Crippen LogP contribution < -0.4 is 9.47 Å². The molecule has 4 heteroatoms. The van der Waals surface area contributed by atoms with Gasteiger partial charge in [0, 0.05) is 6.07 Å². The van der Waals surface area contributed by atoms with Crippen LogP contribution >= 0.6 is 0 Å². The average Bonchev–Trinajstić information content (AvgIpc) is 2.23. The minimum absolute atomic E-state index is 0.511. The van der Waals surface area contributed by atoms with Gasteiger partial charge in [-0.1, -0.05) is 0 Å². The summed E-state index contributed by atoms with van der Waals surface area (Å²) in [5, 5.41) is 0. The van der Waals surface area contributed by atoms with E-state index < -0.39 is 0 Å². The van der Waals surface area contributed by atoms with Crippen LogP contribution in [0.3, 0.4) is 0 Å². The molecule has 1 rings (SSSR count). The summed E-state index contributed by atoms with van der Waals surface area (Å²) in [4.78, 5) is 13.6. The topological polar surface area (TPSA) is 47.9 Å². The molecule has 0 aromatic heterocycles. The van der Waals surface area contributed by atoms with Crippen molar-refractivity contribution in [3.63, 3.8) is 0 Å². The van der Waals surface area contributed by atoms with Crippen molar-refractivity contribution >= 4 is 11.8 Å². The fourth-order valence-electron chi connectivity index (χ4n) is 1.16. The van der Waals surface area contributed by atoms with Gasteiger partial charge in [-0.25, -0.2) is 4.79 Å². The molecule has 0 bridgehead atoms. The highest BCUT2D eigenvalue weighted by Crippen LogP contribution is 2.31. The number of ether oxygens (including phenoxy) is 2. The SMILES string of the molecule is CCOc1ccc(N=C=O)cc1OCC. The number of hydrogen-bond acceptors (Lipinski definition) is 4. The van der Waals surface area contributed by atoms with Crippen LogP contribution in [0.4, 0.5) is 5.69 Å². The van der Waals surface area contributed by atoms with Crippen LogP contribution in [-0.4, -0.2) is 19.3 Å². The molecule has 4 nitrogen and oxygen atoms in total. The van der Waals surface area contributed by atoms with Crippen LogP contribution in [0.2, 0.25) is 0 Å². The summed E-state index contributed by atoms with van der Waals surface area (Å²) in [7, 11) is 0. The Bertz CT molecular complexity index is 370. The minimum atomic E-state index is 0.511. The average molecular weight is 207 g/mol. The molecule has 0 saturated carbocycles. The van der Waals surface area contributed by atoms with E-state index in [1.165, 1.54) is 6.08 Å². The number of aliphatic imine (C=N–C) groups is 1. The number of benzene rings is 1. The molecule has 0 aliphatic heterocycles. The molecule has 0 N–H and O–H groups in total. The van der Waals surface area contributed by atoms with Crippen LogP contribution in [-0.2, 0) is 4.79 Å². The maximum Gasteiger partial charge on any atom is 0.240 e. The van der Waals surface area contributed by atoms with Gasteiger partial charge in [-0.2, -0.15) is 4.99 Å². The Balaban J connectivity index is 3.02. The Morgan fingerprint density at radius 1 is 1.20 bits per heavy atom. The molecule has 0 heterocycles. The predicted octanol–water partition coefficient (Wildman–Crippen LogP) is 2.45. The summed E-state index contributed by atoms with van der Waals surface area (Å²) in [6.45, 7) is 4.88. The summed E-state index contributed by atoms with van der Waals surface area (Å²) < 4.78 is 10.7. The van der Waals surface area contributed by atoms with E-state index in [0.29, 0.717) is 30.4 Å². The van der Waals surface area contributed by atoms with E-state index in [9.17, 15) is 4.79 Å². The predicted molar refractivity (Wildman–Crippen MR) is 56.6 cm³/mol. The molecule has 0 atom stereocenters. The molecule has 0 aliphatic carbocycles. The summed E-state index contributed by atoms with van der Waals surface area (Å²) in [6.07, 6.45) is 1.48. The first-order chi connectivity index (χ1) is 7.31. The van der Waals surface area contributed by atoms with Crippen molar-refractivity contribution in [3.05, 3.63) is 18.2 Å². The van der Waals surface area contributed by atoms with Crippen LogP contribution in [0, 0.1) is 0 Å². The fraction of sp³-hybridized carbons (Fsp3) is 0.364. The molecule has 0 fully saturated rings. The summed E-state index contributed by atoms with van der Waals surface area (Å²) in [6, 6.07) is 5.06. The Morgan fingerprint density at radius 2 is 1.87 bits per heavy atom. The van der Waals surface area contributed by atoms with Crippen molar-refractivity contribution in [2.75, 3.05) is 13.2 Å². The van der Waals surface area contributed by atoms with Gasteiger partial charge in [0.15, 0.2) is 11.5 Å². The lowest BCUT2D eigenvalue weighted by atomic mass is 10.3. The molecule has 0 aliphatic rings. The Hall–Kier alpha value is -1.80. The van der Waals surface area contributed by atoms with E-state index in [4.69, 9.17) is 9.47 Å². The zero-order valence-corrected chi connectivity index (χ0v) is 8.82. The highest BCUT2D eigenvalue weighted by molar-refractivity contribution is 5.55. The Morgan fingerprint density at radius 3 is 2.47 bits per heavy atom. The maximum atomic E-state index is 10.1. The van der Waals surface area contributed by atoms with Gasteiger partial charge in [0.05, 0.1) is 18.9 Å². The second kappa shape index (κ2) is 5.83. The molecular weight excluding hydrogens is 194 g/mol. The fourth-order valence-corrected chi connectivity index (χ4v) is 1.16. The second-order valence-corrected chi connectivity index (χ2v) is 2.70. The lowest BCUT2D eigenvalue weighted by molar-refractivity contribution is 0.288. The number of carbonyl (C=O) groups excluding carboxylic acids is 1. The Labute approximate surface area is 88.5 Å². The maximum absolute atomic E-state index is 10.1. The third kappa shape index (κ3) is 3.11. The first kappa shape index (κ1) is 11.3. The zero-order chi connectivity index (χ0) is 11.1. The zero-order valence-electron chi connectivity index (χ0n) is 8.82. The first-order valence-electron chi connectivity index (χ1n) is 4.79. The largest absolute Gasteiger partial charge is 0.490 e. The number of hydrogen-bond donors (Lipinski definition) is 0. The van der Waals surface area contributed by atoms with Crippen LogP contribution in [0.15, 0.2) is 23.2 Å². The number of rotatable bonds is 5. The molecule has 15 heavy (non-hydrogen) atoms. The summed E-state index contributed by atoms with van der Waals surface area (Å²) in [5.41, 5.74) is 0.511. The van der Waals surface area contributed by atoms with Gasteiger partial charge in [0.25, 0.3) is 0 Å². The van der Waals surface area contributed by atoms with E-state index in [0.717, 1.165) is 0 Å². The quantitative estimate of drug-likeness (QED) is 0.550. The smallest absolute Gasteiger partial charge is 0.240 e. The minimum Gasteiger partial charge on any atom is -0.490 e. The summed E-state index contributed by atoms with van der Waals surface area (Å²) >= 11 is 0. The molecule has 1 aromatic rings. The van der Waals surface area contributed by atoms with Crippen LogP contribution in [0.25, 0.3) is 0 Å². The molecule has 0 radical (unpaired) electrons. The molecule has 0 unspecified atom stereocenters. The lowest BCUT2D eigenvalue weighted by Crippen LogP contribution is -1.97. The molecule has 1 aromatic carbocycles. The molecular formula is C11H13NO3. The number of isocyanates is 1. The van der Waals surface area contributed by atoms with Crippen molar-refractivity contribution in [2.24, 2.45) is 4.99 Å². The van der Waals surface area contributed by atoms with Crippen molar-refractivity contribution in [2.45, 2.75) is 13.8 Å². The standard InChI is InChI=1S/C11H13NO3/c1-3-14-10-6-5-9(12-8-13)7-11(10)15-4-2/h5-7H,3-4H2,1-2H3. The molecule has 0 spiro atoms. The third-order valence-corrected chi connectivity index (χ3v) is 1.70. The Kier molecular flexibility index (Phi) is 4.38. The van der Waals surface area contributed by atoms with Crippen molar-refractivity contribution < 1.29 is 14.3 Å². The van der Waals surface area contributed by atoms with Gasteiger partial charge in [0.1, 0.15) is 0 Å². The normalized spacial score (nSPS) is 9.20. The third-order valence-electron chi connectivity index (χ3n) is 1.70. The highest BCUT2D eigenvalue weighted by Gasteiger charge is 2.05. The number of nitrogens with zero attached hydrogens (tertiary/aromatic N) is 1. The summed E-state index contributed by atoms with van der Waals surface area (Å²) in [5.74, 6) is 1.25. The molecule has 80 valence electrons. The monoisotopic (exact) mass is 207 g/mol. The van der Waals surface area contributed by atoms with Gasteiger partial charge < -0.3 is 9.47 Å². The van der Waals surface area contributed by atoms with Crippen molar-refractivity contribution in [1.29, 1.82) is 0 Å². The van der Waals surface area contributed by atoms with E-state index in [-0.39, 0.29) is 0 Å².